The molecule has 1 atom stereocenters. The molecule has 1 aliphatic heterocycles. The molecule has 0 radical (unpaired) electrons. The van der Waals surface area contributed by atoms with Crippen molar-refractivity contribution in [2.45, 2.75) is 25.3 Å². The maximum Gasteiger partial charge on any atom is 0.251 e. The lowest BCUT2D eigenvalue weighted by Gasteiger charge is -2.37. The number of fused-ring (bicyclic) bond motifs is 1. The Balaban J connectivity index is 1.49. The fourth-order valence-corrected chi connectivity index (χ4v) is 4.23. The molecule has 2 aromatic rings. The second-order valence-corrected chi connectivity index (χ2v) is 8.06. The molecule has 2 aliphatic rings. The third kappa shape index (κ3) is 4.12. The lowest BCUT2D eigenvalue weighted by molar-refractivity contribution is 0.0933. The number of amides is 1. The van der Waals surface area contributed by atoms with Crippen LogP contribution in [0, 0.1) is 0 Å². The van der Waals surface area contributed by atoms with Crippen LogP contribution in [0.15, 0.2) is 42.5 Å². The number of benzene rings is 2. The average Bonchev–Trinajstić information content (AvgIpc) is 2.69. The number of piperazine rings is 1. The summed E-state index contributed by atoms with van der Waals surface area (Å²) in [4.78, 5) is 17.5. The summed E-state index contributed by atoms with van der Waals surface area (Å²) in [5, 5.41) is 3.87. The third-order valence-electron chi connectivity index (χ3n) is 5.75. The molecule has 0 saturated carbocycles. The largest absolute Gasteiger partial charge is 0.369 e. The Morgan fingerprint density at radius 2 is 1.81 bits per heavy atom. The van der Waals surface area contributed by atoms with Gasteiger partial charge in [0.05, 0.1) is 0 Å². The summed E-state index contributed by atoms with van der Waals surface area (Å²) < 4.78 is 0. The molecule has 1 N–H and O–H groups in total. The normalized spacial score (nSPS) is 20.2. The van der Waals surface area contributed by atoms with E-state index in [-0.39, 0.29) is 11.9 Å². The van der Waals surface area contributed by atoms with E-state index in [1.165, 1.54) is 16.8 Å². The Labute approximate surface area is 166 Å². The van der Waals surface area contributed by atoms with Crippen LogP contribution in [-0.2, 0) is 12.8 Å². The van der Waals surface area contributed by atoms with Gasteiger partial charge in [-0.1, -0.05) is 23.7 Å². The van der Waals surface area contributed by atoms with Crippen molar-refractivity contribution in [3.8, 4) is 0 Å². The van der Waals surface area contributed by atoms with Gasteiger partial charge in [0.1, 0.15) is 0 Å². The molecule has 0 spiro atoms. The first-order chi connectivity index (χ1) is 13.1. The first kappa shape index (κ1) is 18.3. The zero-order valence-corrected chi connectivity index (χ0v) is 16.5. The highest BCUT2D eigenvalue weighted by atomic mass is 35.5. The van der Waals surface area contributed by atoms with E-state index >= 15 is 0 Å². The fourth-order valence-electron chi connectivity index (χ4n) is 4.11. The maximum atomic E-state index is 12.6. The molecule has 1 heterocycles. The van der Waals surface area contributed by atoms with E-state index in [0.717, 1.165) is 45.4 Å². The van der Waals surface area contributed by atoms with Crippen LogP contribution >= 0.6 is 11.6 Å². The van der Waals surface area contributed by atoms with Crippen molar-refractivity contribution < 1.29 is 4.79 Å². The molecule has 4 rings (SSSR count). The highest BCUT2D eigenvalue weighted by Gasteiger charge is 2.25. The molecule has 0 bridgehead atoms. The van der Waals surface area contributed by atoms with Crippen LogP contribution in [0.5, 0.6) is 0 Å². The minimum atomic E-state index is -0.0165. The second kappa shape index (κ2) is 7.91. The summed E-state index contributed by atoms with van der Waals surface area (Å²) in [5.41, 5.74) is 4.86. The fraction of sp³-hybridized carbons (Fsp3) is 0.409. The highest BCUT2D eigenvalue weighted by molar-refractivity contribution is 6.30. The van der Waals surface area contributed by atoms with Gasteiger partial charge in [-0.2, -0.15) is 0 Å². The topological polar surface area (TPSA) is 35.6 Å². The van der Waals surface area contributed by atoms with Crippen molar-refractivity contribution in [3.05, 3.63) is 64.2 Å². The Morgan fingerprint density at radius 1 is 1.07 bits per heavy atom. The van der Waals surface area contributed by atoms with Crippen LogP contribution in [0.25, 0.3) is 0 Å². The molecular weight excluding hydrogens is 358 g/mol. The van der Waals surface area contributed by atoms with Crippen molar-refractivity contribution in [2.24, 2.45) is 0 Å². The molecule has 1 saturated heterocycles. The molecular formula is C22H26ClN3O. The van der Waals surface area contributed by atoms with E-state index in [1.807, 2.05) is 0 Å². The van der Waals surface area contributed by atoms with E-state index in [4.69, 9.17) is 11.6 Å². The number of likely N-dealkylation sites (N-methyl/N-ethyl adjacent to an activating group) is 1. The van der Waals surface area contributed by atoms with Crippen LogP contribution in [0.1, 0.15) is 27.9 Å². The summed E-state index contributed by atoms with van der Waals surface area (Å²) in [5.74, 6) is -0.0165. The van der Waals surface area contributed by atoms with Crippen LogP contribution in [0.2, 0.25) is 5.02 Å². The third-order valence-corrected chi connectivity index (χ3v) is 6.00. The summed E-state index contributed by atoms with van der Waals surface area (Å²) in [6, 6.07) is 13.9. The molecule has 1 fully saturated rings. The number of hydrogen-bond donors (Lipinski definition) is 1. The van der Waals surface area contributed by atoms with Crippen LogP contribution < -0.4 is 10.2 Å². The van der Waals surface area contributed by atoms with Crippen molar-refractivity contribution in [2.75, 3.05) is 38.1 Å². The lowest BCUT2D eigenvalue weighted by Crippen LogP contribution is -2.45. The van der Waals surface area contributed by atoms with E-state index in [9.17, 15) is 4.79 Å². The molecule has 1 aliphatic carbocycles. The lowest BCUT2D eigenvalue weighted by atomic mass is 9.86. The molecule has 0 aromatic heterocycles. The van der Waals surface area contributed by atoms with Gasteiger partial charge in [0.15, 0.2) is 0 Å². The standard InChI is InChI=1S/C22H26ClN3O/c1-25-11-13-26(14-12-25)21-4-2-3-16-7-10-19(15-20(16)21)24-22(27)17-5-8-18(23)9-6-17/h2-6,8-9,19H,7,10-15H2,1H3,(H,24,27)/t19-/m1/s1. The Kier molecular flexibility index (Phi) is 5.37. The van der Waals surface area contributed by atoms with Crippen molar-refractivity contribution in [3.63, 3.8) is 0 Å². The minimum absolute atomic E-state index is 0.0165. The zero-order valence-electron chi connectivity index (χ0n) is 15.7. The monoisotopic (exact) mass is 383 g/mol. The molecule has 142 valence electrons. The van der Waals surface area contributed by atoms with Gasteiger partial charge < -0.3 is 15.1 Å². The van der Waals surface area contributed by atoms with Gasteiger partial charge in [-0.25, -0.2) is 0 Å². The van der Waals surface area contributed by atoms with Gasteiger partial charge >= 0.3 is 0 Å². The van der Waals surface area contributed by atoms with E-state index in [2.05, 4.69) is 40.4 Å². The van der Waals surface area contributed by atoms with Gasteiger partial charge in [-0.05, 0) is 67.8 Å². The minimum Gasteiger partial charge on any atom is -0.369 e. The summed E-state index contributed by atoms with van der Waals surface area (Å²) in [6.45, 7) is 4.32. The van der Waals surface area contributed by atoms with E-state index in [0.29, 0.717) is 10.6 Å². The van der Waals surface area contributed by atoms with Crippen LogP contribution in [0.4, 0.5) is 5.69 Å². The predicted octanol–water partition coefficient (Wildman–Crippen LogP) is 3.38. The Bertz CT molecular complexity index is 813. The smallest absolute Gasteiger partial charge is 0.251 e. The summed E-state index contributed by atoms with van der Waals surface area (Å²) >= 11 is 5.93. The average molecular weight is 384 g/mol. The van der Waals surface area contributed by atoms with Crippen molar-refractivity contribution in [1.29, 1.82) is 0 Å². The van der Waals surface area contributed by atoms with Crippen LogP contribution in [-0.4, -0.2) is 50.1 Å². The van der Waals surface area contributed by atoms with Gasteiger partial charge in [-0.15, -0.1) is 0 Å². The molecule has 2 aromatic carbocycles. The van der Waals surface area contributed by atoms with E-state index in [1.54, 1.807) is 24.3 Å². The summed E-state index contributed by atoms with van der Waals surface area (Å²) in [6.07, 6.45) is 2.90. The molecule has 27 heavy (non-hydrogen) atoms. The number of aryl methyl sites for hydroxylation is 1. The summed E-state index contributed by atoms with van der Waals surface area (Å²) in [7, 11) is 2.18. The predicted molar refractivity (Wildman–Crippen MR) is 111 cm³/mol. The second-order valence-electron chi connectivity index (χ2n) is 7.63. The first-order valence-electron chi connectivity index (χ1n) is 9.71. The number of carbonyl (C=O) groups is 1. The van der Waals surface area contributed by atoms with Crippen molar-refractivity contribution in [1.82, 2.24) is 10.2 Å². The number of rotatable bonds is 3. The van der Waals surface area contributed by atoms with Gasteiger partial charge in [0, 0.05) is 48.5 Å². The molecule has 0 unspecified atom stereocenters. The Hall–Kier alpha value is -2.04. The Morgan fingerprint density at radius 3 is 2.56 bits per heavy atom. The zero-order chi connectivity index (χ0) is 18.8. The van der Waals surface area contributed by atoms with E-state index < -0.39 is 0 Å². The number of anilines is 1. The SMILES string of the molecule is CN1CCN(c2cccc3c2C[C@H](NC(=O)c2ccc(Cl)cc2)CC3)CC1. The van der Waals surface area contributed by atoms with Crippen LogP contribution in [0.3, 0.4) is 0 Å². The van der Waals surface area contributed by atoms with Crippen molar-refractivity contribution >= 4 is 23.2 Å². The van der Waals surface area contributed by atoms with Gasteiger partial charge in [-0.3, -0.25) is 4.79 Å². The molecule has 5 heteroatoms. The maximum absolute atomic E-state index is 12.6. The first-order valence-corrected chi connectivity index (χ1v) is 10.1. The molecule has 1 amide bonds. The number of halogens is 1. The number of nitrogens with one attached hydrogen (secondary N) is 1. The van der Waals surface area contributed by atoms with Gasteiger partial charge in [0.2, 0.25) is 0 Å². The molecule has 4 nitrogen and oxygen atoms in total. The number of nitrogens with zero attached hydrogens (tertiary/aromatic N) is 2. The quantitative estimate of drug-likeness (QED) is 0.882. The highest BCUT2D eigenvalue weighted by Crippen LogP contribution is 2.31. The number of carbonyl (C=O) groups excluding carboxylic acids is 1. The number of hydrogen-bond acceptors (Lipinski definition) is 3. The van der Waals surface area contributed by atoms with Gasteiger partial charge in [0.25, 0.3) is 5.91 Å².